The largest absolute Gasteiger partial charge is 0.309 e. The monoisotopic (exact) mass is 267 g/mol. The summed E-state index contributed by atoms with van der Waals surface area (Å²) >= 11 is 1.79. The minimum atomic E-state index is 0.241. The molecule has 1 aromatic rings. The van der Waals surface area contributed by atoms with Gasteiger partial charge in [-0.1, -0.05) is 6.92 Å². The molecule has 2 heterocycles. The van der Waals surface area contributed by atoms with Crippen LogP contribution in [-0.4, -0.2) is 41.1 Å². The van der Waals surface area contributed by atoms with Gasteiger partial charge in [-0.25, -0.2) is 4.98 Å². The van der Waals surface area contributed by atoms with E-state index in [4.69, 9.17) is 0 Å². The van der Waals surface area contributed by atoms with Crippen LogP contribution in [0.15, 0.2) is 5.38 Å². The second-order valence-corrected chi connectivity index (χ2v) is 6.87. The Bertz CT molecular complexity index is 386. The average molecular weight is 267 g/mol. The lowest BCUT2D eigenvalue weighted by atomic mass is 9.97. The fraction of sp³-hybridized carbons (Fsp3) is 0.786. The highest BCUT2D eigenvalue weighted by atomic mass is 32.1. The fourth-order valence-corrected chi connectivity index (χ4v) is 3.40. The normalized spacial score (nSPS) is 24.3. The third-order valence-corrected chi connectivity index (χ3v) is 4.71. The number of nitrogens with zero attached hydrogens (tertiary/aromatic N) is 2. The van der Waals surface area contributed by atoms with Gasteiger partial charge in [-0.2, -0.15) is 0 Å². The number of aromatic nitrogens is 1. The van der Waals surface area contributed by atoms with E-state index in [2.05, 4.69) is 48.3 Å². The standard InChI is InChI=1S/C14H25N3S/c1-5-12-8-15-14(3,4)10-17(12)7-6-13-16-11(2)9-18-13/h9,12,15H,5-8,10H2,1-4H3. The molecule has 18 heavy (non-hydrogen) atoms. The molecular weight excluding hydrogens is 242 g/mol. The molecule has 2 rings (SSSR count). The smallest absolute Gasteiger partial charge is 0.0940 e. The van der Waals surface area contributed by atoms with Gasteiger partial charge in [0.15, 0.2) is 0 Å². The zero-order chi connectivity index (χ0) is 13.2. The molecule has 0 spiro atoms. The molecule has 3 nitrogen and oxygen atoms in total. The van der Waals surface area contributed by atoms with Gasteiger partial charge in [0.2, 0.25) is 0 Å². The van der Waals surface area contributed by atoms with Crippen molar-refractivity contribution in [2.75, 3.05) is 19.6 Å². The van der Waals surface area contributed by atoms with Gasteiger partial charge in [0.1, 0.15) is 0 Å². The number of hydrogen-bond donors (Lipinski definition) is 1. The molecule has 0 amide bonds. The summed E-state index contributed by atoms with van der Waals surface area (Å²) in [7, 11) is 0. The molecule has 0 aliphatic carbocycles. The topological polar surface area (TPSA) is 28.2 Å². The van der Waals surface area contributed by atoms with E-state index >= 15 is 0 Å². The SMILES string of the molecule is CCC1CNC(C)(C)CN1CCc1nc(C)cs1. The van der Waals surface area contributed by atoms with Crippen LogP contribution < -0.4 is 5.32 Å². The van der Waals surface area contributed by atoms with E-state index in [1.165, 1.54) is 11.4 Å². The van der Waals surface area contributed by atoms with Crippen molar-refractivity contribution in [2.45, 2.75) is 52.1 Å². The molecule has 1 aromatic heterocycles. The van der Waals surface area contributed by atoms with Gasteiger partial charge < -0.3 is 5.32 Å². The third kappa shape index (κ3) is 3.53. The van der Waals surface area contributed by atoms with Crippen LogP contribution in [0.3, 0.4) is 0 Å². The fourth-order valence-electron chi connectivity index (χ4n) is 2.64. The highest BCUT2D eigenvalue weighted by molar-refractivity contribution is 7.09. The maximum absolute atomic E-state index is 4.56. The van der Waals surface area contributed by atoms with E-state index in [9.17, 15) is 0 Å². The lowest BCUT2D eigenvalue weighted by molar-refractivity contribution is 0.0939. The summed E-state index contributed by atoms with van der Waals surface area (Å²) in [5.74, 6) is 0. The van der Waals surface area contributed by atoms with Crippen molar-refractivity contribution in [2.24, 2.45) is 0 Å². The first-order valence-electron chi connectivity index (χ1n) is 6.90. The van der Waals surface area contributed by atoms with Gasteiger partial charge in [0.25, 0.3) is 0 Å². The lowest BCUT2D eigenvalue weighted by Gasteiger charge is -2.44. The molecule has 0 aromatic carbocycles. The molecular formula is C14H25N3S. The average Bonchev–Trinajstić information content (AvgIpc) is 2.72. The van der Waals surface area contributed by atoms with Gasteiger partial charge >= 0.3 is 0 Å². The minimum absolute atomic E-state index is 0.241. The number of rotatable bonds is 4. The van der Waals surface area contributed by atoms with Crippen LogP contribution in [0.5, 0.6) is 0 Å². The molecule has 1 atom stereocenters. The second kappa shape index (κ2) is 5.68. The molecule has 4 heteroatoms. The highest BCUT2D eigenvalue weighted by Gasteiger charge is 2.31. The van der Waals surface area contributed by atoms with E-state index < -0.39 is 0 Å². The Morgan fingerprint density at radius 2 is 2.33 bits per heavy atom. The molecule has 1 N–H and O–H groups in total. The van der Waals surface area contributed by atoms with Crippen LogP contribution in [0.25, 0.3) is 0 Å². The van der Waals surface area contributed by atoms with Gasteiger partial charge in [-0.3, -0.25) is 4.90 Å². The summed E-state index contributed by atoms with van der Waals surface area (Å²) in [6.45, 7) is 12.3. The van der Waals surface area contributed by atoms with Crippen LogP contribution in [-0.2, 0) is 6.42 Å². The van der Waals surface area contributed by atoms with E-state index in [0.717, 1.165) is 31.7 Å². The van der Waals surface area contributed by atoms with Gasteiger partial charge in [-0.05, 0) is 27.2 Å². The zero-order valence-electron chi connectivity index (χ0n) is 12.0. The molecule has 1 aliphatic rings. The van der Waals surface area contributed by atoms with Crippen molar-refractivity contribution < 1.29 is 0 Å². The quantitative estimate of drug-likeness (QED) is 0.908. The number of aryl methyl sites for hydroxylation is 1. The summed E-state index contributed by atoms with van der Waals surface area (Å²) in [6, 6.07) is 0.680. The maximum Gasteiger partial charge on any atom is 0.0940 e. The minimum Gasteiger partial charge on any atom is -0.309 e. The predicted octanol–water partition coefficient (Wildman–Crippen LogP) is 2.46. The Kier molecular flexibility index (Phi) is 4.41. The number of piperazine rings is 1. The molecule has 1 fully saturated rings. The summed E-state index contributed by atoms with van der Waals surface area (Å²) in [4.78, 5) is 7.19. The Morgan fingerprint density at radius 1 is 1.56 bits per heavy atom. The van der Waals surface area contributed by atoms with Gasteiger partial charge in [-0.15, -0.1) is 11.3 Å². The maximum atomic E-state index is 4.56. The van der Waals surface area contributed by atoms with Crippen LogP contribution in [0.2, 0.25) is 0 Å². The molecule has 0 radical (unpaired) electrons. The van der Waals surface area contributed by atoms with E-state index in [1.807, 2.05) is 0 Å². The van der Waals surface area contributed by atoms with Crippen LogP contribution >= 0.6 is 11.3 Å². The van der Waals surface area contributed by atoms with Crippen molar-refractivity contribution >= 4 is 11.3 Å². The van der Waals surface area contributed by atoms with Gasteiger partial charge in [0, 0.05) is 48.7 Å². The van der Waals surface area contributed by atoms with Crippen molar-refractivity contribution in [3.8, 4) is 0 Å². The molecule has 0 saturated carbocycles. The highest BCUT2D eigenvalue weighted by Crippen LogP contribution is 2.18. The zero-order valence-corrected chi connectivity index (χ0v) is 12.8. The summed E-state index contributed by atoms with van der Waals surface area (Å²) < 4.78 is 0. The first-order valence-corrected chi connectivity index (χ1v) is 7.78. The van der Waals surface area contributed by atoms with E-state index in [-0.39, 0.29) is 5.54 Å². The Balaban J connectivity index is 1.92. The Labute approximate surface area is 115 Å². The van der Waals surface area contributed by atoms with Crippen LogP contribution in [0.1, 0.15) is 37.9 Å². The van der Waals surface area contributed by atoms with Crippen molar-refractivity contribution in [3.05, 3.63) is 16.1 Å². The Morgan fingerprint density at radius 3 is 2.94 bits per heavy atom. The van der Waals surface area contributed by atoms with E-state index in [0.29, 0.717) is 6.04 Å². The Hall–Kier alpha value is -0.450. The lowest BCUT2D eigenvalue weighted by Crippen LogP contribution is -2.61. The molecule has 1 unspecified atom stereocenters. The van der Waals surface area contributed by atoms with Crippen molar-refractivity contribution in [1.29, 1.82) is 0 Å². The molecule has 1 aliphatic heterocycles. The first kappa shape index (κ1) is 14.0. The number of hydrogen-bond acceptors (Lipinski definition) is 4. The second-order valence-electron chi connectivity index (χ2n) is 5.93. The molecule has 1 saturated heterocycles. The predicted molar refractivity (Wildman–Crippen MR) is 78.3 cm³/mol. The first-order chi connectivity index (χ1) is 8.50. The molecule has 0 bridgehead atoms. The van der Waals surface area contributed by atoms with E-state index in [1.54, 1.807) is 11.3 Å². The summed E-state index contributed by atoms with van der Waals surface area (Å²) in [5.41, 5.74) is 1.40. The van der Waals surface area contributed by atoms with Crippen molar-refractivity contribution in [1.82, 2.24) is 15.2 Å². The van der Waals surface area contributed by atoms with Crippen molar-refractivity contribution in [3.63, 3.8) is 0 Å². The van der Waals surface area contributed by atoms with Gasteiger partial charge in [0.05, 0.1) is 5.01 Å². The number of nitrogens with one attached hydrogen (secondary N) is 1. The summed E-state index contributed by atoms with van der Waals surface area (Å²) in [6.07, 6.45) is 2.31. The molecule has 102 valence electrons. The van der Waals surface area contributed by atoms with Crippen LogP contribution in [0, 0.1) is 6.92 Å². The summed E-state index contributed by atoms with van der Waals surface area (Å²) in [5, 5.41) is 7.06. The number of thiazole rings is 1. The third-order valence-electron chi connectivity index (χ3n) is 3.68. The van der Waals surface area contributed by atoms with Crippen LogP contribution in [0.4, 0.5) is 0 Å².